The van der Waals surface area contributed by atoms with E-state index < -0.39 is 0 Å². The summed E-state index contributed by atoms with van der Waals surface area (Å²) in [6, 6.07) is 3.81. The van der Waals surface area contributed by atoms with Crippen molar-refractivity contribution in [3.8, 4) is 5.82 Å². The number of nitrogens with one attached hydrogen (secondary N) is 1. The van der Waals surface area contributed by atoms with Gasteiger partial charge in [0.05, 0.1) is 11.6 Å². The number of hydrogen-bond acceptors (Lipinski definition) is 3. The molecule has 0 aliphatic rings. The maximum atomic E-state index is 4.26. The van der Waals surface area contributed by atoms with Gasteiger partial charge in [0.15, 0.2) is 6.33 Å². The molecule has 0 fully saturated rings. The van der Waals surface area contributed by atoms with E-state index in [1.54, 1.807) is 12.5 Å². The fourth-order valence-electron chi connectivity index (χ4n) is 1.45. The molecule has 3 aromatic heterocycles. The van der Waals surface area contributed by atoms with Crippen LogP contribution < -0.4 is 4.57 Å². The van der Waals surface area contributed by atoms with E-state index in [0.29, 0.717) is 0 Å². The van der Waals surface area contributed by atoms with E-state index in [9.17, 15) is 0 Å². The van der Waals surface area contributed by atoms with Crippen LogP contribution in [0.25, 0.3) is 16.9 Å². The second-order valence-electron chi connectivity index (χ2n) is 3.13. The molecular weight excluding hydrogens is 190 g/mol. The molecule has 0 radical (unpaired) electrons. The van der Waals surface area contributed by atoms with E-state index in [4.69, 9.17) is 0 Å². The summed E-state index contributed by atoms with van der Waals surface area (Å²) in [5, 5.41) is 1.05. The highest BCUT2D eigenvalue weighted by Crippen LogP contribution is 2.05. The zero-order valence-electron chi connectivity index (χ0n) is 7.83. The second kappa shape index (κ2) is 3.13. The number of hydrogen-bond donors (Lipinski definition) is 1. The fraction of sp³-hybridized carbons (Fsp3) is 0. The van der Waals surface area contributed by atoms with Gasteiger partial charge in [-0.15, -0.1) is 0 Å². The van der Waals surface area contributed by atoms with Crippen LogP contribution in [-0.4, -0.2) is 19.9 Å². The van der Waals surface area contributed by atoms with E-state index in [2.05, 4.69) is 19.9 Å². The first-order chi connectivity index (χ1) is 7.43. The number of aromatic amines is 1. The van der Waals surface area contributed by atoms with Crippen molar-refractivity contribution in [1.82, 2.24) is 19.9 Å². The zero-order chi connectivity index (χ0) is 10.1. The highest BCUT2D eigenvalue weighted by molar-refractivity contribution is 5.72. The Kier molecular flexibility index (Phi) is 1.68. The quantitative estimate of drug-likeness (QED) is 0.583. The lowest BCUT2D eigenvalue weighted by atomic mass is 10.4. The van der Waals surface area contributed by atoms with E-state index in [1.807, 2.05) is 29.1 Å². The van der Waals surface area contributed by atoms with Crippen molar-refractivity contribution in [2.45, 2.75) is 0 Å². The minimum absolute atomic E-state index is 0.806. The van der Waals surface area contributed by atoms with E-state index in [1.165, 1.54) is 6.33 Å². The highest BCUT2D eigenvalue weighted by Gasteiger charge is 2.06. The molecule has 0 aliphatic heterocycles. The first-order valence-corrected chi connectivity index (χ1v) is 4.54. The Balaban J connectivity index is 2.19. The third-order valence-electron chi connectivity index (χ3n) is 2.18. The Morgan fingerprint density at radius 1 is 1.20 bits per heavy atom. The van der Waals surface area contributed by atoms with Crippen molar-refractivity contribution < 1.29 is 4.57 Å². The molecular formula is C10H8N5+. The minimum atomic E-state index is 0.806. The van der Waals surface area contributed by atoms with E-state index >= 15 is 0 Å². The fourth-order valence-corrected chi connectivity index (χ4v) is 1.45. The maximum absolute atomic E-state index is 4.26. The summed E-state index contributed by atoms with van der Waals surface area (Å²) in [6.07, 6.45) is 8.78. The number of rotatable bonds is 1. The molecule has 0 saturated carbocycles. The van der Waals surface area contributed by atoms with Gasteiger partial charge < -0.3 is 4.98 Å². The summed E-state index contributed by atoms with van der Waals surface area (Å²) >= 11 is 0. The Morgan fingerprint density at radius 3 is 3.07 bits per heavy atom. The van der Waals surface area contributed by atoms with Crippen molar-refractivity contribution >= 4 is 11.0 Å². The Morgan fingerprint density at radius 2 is 2.20 bits per heavy atom. The molecule has 0 saturated heterocycles. The first-order valence-electron chi connectivity index (χ1n) is 4.54. The average molecular weight is 198 g/mol. The molecule has 3 heterocycles. The number of aromatic nitrogens is 5. The smallest absolute Gasteiger partial charge is 0.270 e. The molecule has 3 aromatic rings. The summed E-state index contributed by atoms with van der Waals surface area (Å²) in [7, 11) is 0. The Hall–Kier alpha value is -2.30. The van der Waals surface area contributed by atoms with E-state index in [-0.39, 0.29) is 0 Å². The minimum Gasteiger partial charge on any atom is -0.332 e. The lowest BCUT2D eigenvalue weighted by molar-refractivity contribution is -0.601. The molecule has 5 nitrogen and oxygen atoms in total. The topological polar surface area (TPSA) is 58.3 Å². The third kappa shape index (κ3) is 1.34. The van der Waals surface area contributed by atoms with Gasteiger partial charge in [-0.2, -0.15) is 0 Å². The predicted octanol–water partition coefficient (Wildman–Crippen LogP) is 0.630. The van der Waals surface area contributed by atoms with Gasteiger partial charge >= 0.3 is 0 Å². The zero-order valence-corrected chi connectivity index (χ0v) is 7.83. The van der Waals surface area contributed by atoms with Crippen LogP contribution in [0.15, 0.2) is 43.4 Å². The van der Waals surface area contributed by atoms with Crippen LogP contribution in [0, 0.1) is 0 Å². The molecule has 3 rings (SSSR count). The Bertz CT molecular complexity index is 587. The van der Waals surface area contributed by atoms with Crippen LogP contribution in [0.3, 0.4) is 0 Å². The molecule has 0 amide bonds. The number of nitrogens with zero attached hydrogens (tertiary/aromatic N) is 4. The maximum Gasteiger partial charge on any atom is 0.270 e. The van der Waals surface area contributed by atoms with Gasteiger partial charge in [-0.25, -0.2) is 9.55 Å². The van der Waals surface area contributed by atoms with Crippen molar-refractivity contribution in [2.24, 2.45) is 0 Å². The largest absolute Gasteiger partial charge is 0.332 e. The summed E-state index contributed by atoms with van der Waals surface area (Å²) in [4.78, 5) is 15.3. The van der Waals surface area contributed by atoms with Crippen molar-refractivity contribution in [2.75, 3.05) is 0 Å². The van der Waals surface area contributed by atoms with Gasteiger partial charge in [-0.05, 0) is 6.07 Å². The van der Waals surface area contributed by atoms with Crippen LogP contribution in [-0.2, 0) is 0 Å². The number of H-pyrrole nitrogens is 1. The van der Waals surface area contributed by atoms with Crippen LogP contribution in [0.4, 0.5) is 0 Å². The molecule has 0 spiro atoms. The van der Waals surface area contributed by atoms with Crippen LogP contribution >= 0.6 is 0 Å². The van der Waals surface area contributed by atoms with Crippen LogP contribution in [0.2, 0.25) is 0 Å². The predicted molar refractivity (Wildman–Crippen MR) is 53.2 cm³/mol. The van der Waals surface area contributed by atoms with Gasteiger partial charge in [-0.3, -0.25) is 0 Å². The molecule has 5 heteroatoms. The summed E-state index contributed by atoms with van der Waals surface area (Å²) < 4.78 is 1.86. The molecule has 0 bridgehead atoms. The highest BCUT2D eigenvalue weighted by atomic mass is 15.1. The van der Waals surface area contributed by atoms with Crippen LogP contribution in [0.5, 0.6) is 0 Å². The third-order valence-corrected chi connectivity index (χ3v) is 2.18. The number of fused-ring (bicyclic) bond motifs is 1. The standard InChI is InChI=1S/C10H7N5/c1-4-12-10-8(1)5-15(7-14-10)9-2-3-11-6-13-9/h1-7H/p+1. The molecule has 72 valence electrons. The molecule has 1 N–H and O–H groups in total. The molecule has 0 aliphatic carbocycles. The SMILES string of the molecule is c1cc(-[n+]2cnc3[nH]ccc3c2)ncn1. The lowest BCUT2D eigenvalue weighted by Gasteiger charge is -1.94. The summed E-state index contributed by atoms with van der Waals surface area (Å²) in [5.74, 6) is 0.806. The normalized spacial score (nSPS) is 10.7. The molecule has 0 unspecified atom stereocenters. The lowest BCUT2D eigenvalue weighted by Crippen LogP contribution is -2.31. The van der Waals surface area contributed by atoms with Gasteiger partial charge in [0, 0.05) is 18.5 Å². The van der Waals surface area contributed by atoms with Gasteiger partial charge in [0.25, 0.3) is 5.82 Å². The van der Waals surface area contributed by atoms with Crippen LogP contribution in [0.1, 0.15) is 0 Å². The summed E-state index contributed by atoms with van der Waals surface area (Å²) in [6.45, 7) is 0. The van der Waals surface area contributed by atoms with Crippen molar-refractivity contribution in [3.05, 3.63) is 43.4 Å². The Labute approximate surface area is 85.5 Å². The average Bonchev–Trinajstić information content (AvgIpc) is 2.77. The molecule has 0 atom stereocenters. The monoisotopic (exact) mass is 198 g/mol. The molecule has 15 heavy (non-hydrogen) atoms. The second-order valence-corrected chi connectivity index (χ2v) is 3.13. The van der Waals surface area contributed by atoms with E-state index in [0.717, 1.165) is 16.9 Å². The van der Waals surface area contributed by atoms with Crippen molar-refractivity contribution in [3.63, 3.8) is 0 Å². The summed E-state index contributed by atoms with van der Waals surface area (Å²) in [5.41, 5.74) is 0.875. The van der Waals surface area contributed by atoms with Crippen molar-refractivity contribution in [1.29, 1.82) is 0 Å². The first kappa shape index (κ1) is 8.05. The van der Waals surface area contributed by atoms with Gasteiger partial charge in [-0.1, -0.05) is 9.97 Å². The molecule has 0 aromatic carbocycles. The van der Waals surface area contributed by atoms with Gasteiger partial charge in [0.1, 0.15) is 0 Å². The van der Waals surface area contributed by atoms with Gasteiger partial charge in [0.2, 0.25) is 12.0 Å².